The number of hydrogen-bond donors (Lipinski definition) is 2. The van der Waals surface area contributed by atoms with Crippen LogP contribution in [0.3, 0.4) is 0 Å². The predicted octanol–water partition coefficient (Wildman–Crippen LogP) is 1.91. The van der Waals surface area contributed by atoms with E-state index < -0.39 is 17.7 Å². The molecule has 0 spiro atoms. The Balaban J connectivity index is 2.23. The van der Waals surface area contributed by atoms with E-state index >= 15 is 0 Å². The van der Waals surface area contributed by atoms with Gasteiger partial charge in [0.05, 0.1) is 17.4 Å². The SMILES string of the molecule is Cn1cc(NC(=O)c2cc(C=CC(=O)O)ccc2F)cn1. The molecule has 1 heterocycles. The van der Waals surface area contributed by atoms with Crippen molar-refractivity contribution in [1.82, 2.24) is 9.78 Å². The molecule has 1 aromatic carbocycles. The molecule has 108 valence electrons. The summed E-state index contributed by atoms with van der Waals surface area (Å²) in [7, 11) is 1.69. The van der Waals surface area contributed by atoms with E-state index in [2.05, 4.69) is 10.4 Å². The van der Waals surface area contributed by atoms with Crippen molar-refractivity contribution in [2.24, 2.45) is 7.05 Å². The van der Waals surface area contributed by atoms with E-state index in [0.29, 0.717) is 11.3 Å². The highest BCUT2D eigenvalue weighted by molar-refractivity contribution is 6.04. The molecule has 1 aromatic heterocycles. The summed E-state index contributed by atoms with van der Waals surface area (Å²) in [5.41, 5.74) is 0.676. The molecule has 0 aliphatic heterocycles. The molecule has 0 saturated carbocycles. The summed E-state index contributed by atoms with van der Waals surface area (Å²) in [5, 5.41) is 14.9. The van der Waals surface area contributed by atoms with E-state index in [1.807, 2.05) is 0 Å². The standard InChI is InChI=1S/C14H12FN3O3/c1-18-8-10(7-16-18)17-14(21)11-6-9(2-4-12(11)15)3-5-13(19)20/h2-8H,1H3,(H,17,21)(H,19,20). The van der Waals surface area contributed by atoms with Gasteiger partial charge in [-0.3, -0.25) is 9.48 Å². The maximum Gasteiger partial charge on any atom is 0.328 e. The molecular formula is C14H12FN3O3. The van der Waals surface area contributed by atoms with Gasteiger partial charge in [-0.2, -0.15) is 5.10 Å². The zero-order chi connectivity index (χ0) is 15.4. The number of carbonyl (C=O) groups is 2. The maximum atomic E-state index is 13.7. The largest absolute Gasteiger partial charge is 0.478 e. The second-order valence-electron chi connectivity index (χ2n) is 4.27. The molecule has 0 atom stereocenters. The normalized spacial score (nSPS) is 10.8. The number of anilines is 1. The first kappa shape index (κ1) is 14.4. The zero-order valence-electron chi connectivity index (χ0n) is 11.1. The molecule has 6 nitrogen and oxygen atoms in total. The van der Waals surface area contributed by atoms with Crippen molar-refractivity contribution in [1.29, 1.82) is 0 Å². The van der Waals surface area contributed by atoms with Gasteiger partial charge in [0.2, 0.25) is 0 Å². The van der Waals surface area contributed by atoms with Crippen LogP contribution in [0, 0.1) is 5.82 Å². The van der Waals surface area contributed by atoms with Crippen molar-refractivity contribution in [3.05, 3.63) is 53.6 Å². The van der Waals surface area contributed by atoms with Crippen LogP contribution < -0.4 is 5.32 Å². The van der Waals surface area contributed by atoms with E-state index in [1.165, 1.54) is 29.1 Å². The topological polar surface area (TPSA) is 84.2 Å². The van der Waals surface area contributed by atoms with Gasteiger partial charge in [0.1, 0.15) is 5.82 Å². The highest BCUT2D eigenvalue weighted by atomic mass is 19.1. The summed E-state index contributed by atoms with van der Waals surface area (Å²) in [6.45, 7) is 0. The quantitative estimate of drug-likeness (QED) is 0.842. The summed E-state index contributed by atoms with van der Waals surface area (Å²) < 4.78 is 15.2. The Morgan fingerprint density at radius 2 is 2.19 bits per heavy atom. The molecule has 2 N–H and O–H groups in total. The van der Waals surface area contributed by atoms with Gasteiger partial charge in [0, 0.05) is 19.3 Å². The zero-order valence-corrected chi connectivity index (χ0v) is 11.1. The fraction of sp³-hybridized carbons (Fsp3) is 0.0714. The van der Waals surface area contributed by atoms with Gasteiger partial charge in [0.25, 0.3) is 5.91 Å². The first-order valence-electron chi connectivity index (χ1n) is 5.96. The van der Waals surface area contributed by atoms with Crippen LogP contribution in [-0.4, -0.2) is 26.8 Å². The Labute approximate surface area is 119 Å². The van der Waals surface area contributed by atoms with Crippen LogP contribution in [0.4, 0.5) is 10.1 Å². The van der Waals surface area contributed by atoms with Crippen molar-refractivity contribution < 1.29 is 19.1 Å². The number of amides is 1. The van der Waals surface area contributed by atoms with E-state index in [9.17, 15) is 14.0 Å². The first-order valence-corrected chi connectivity index (χ1v) is 5.96. The molecule has 0 bridgehead atoms. The number of carboxylic acids is 1. The molecule has 0 aliphatic carbocycles. The monoisotopic (exact) mass is 289 g/mol. The number of rotatable bonds is 4. The van der Waals surface area contributed by atoms with Crippen molar-refractivity contribution in [2.45, 2.75) is 0 Å². The van der Waals surface area contributed by atoms with Crippen molar-refractivity contribution >= 4 is 23.6 Å². The highest BCUT2D eigenvalue weighted by Gasteiger charge is 2.13. The number of hydrogen-bond acceptors (Lipinski definition) is 3. The number of aliphatic carboxylic acids is 1. The molecule has 0 fully saturated rings. The lowest BCUT2D eigenvalue weighted by molar-refractivity contribution is -0.131. The van der Waals surface area contributed by atoms with Gasteiger partial charge >= 0.3 is 5.97 Å². The van der Waals surface area contributed by atoms with Gasteiger partial charge in [0.15, 0.2) is 0 Å². The average molecular weight is 289 g/mol. The molecule has 0 saturated heterocycles. The number of halogens is 1. The Morgan fingerprint density at radius 1 is 1.43 bits per heavy atom. The molecule has 2 aromatic rings. The van der Waals surface area contributed by atoms with Crippen molar-refractivity contribution in [3.63, 3.8) is 0 Å². The van der Waals surface area contributed by atoms with Crippen LogP contribution in [0.2, 0.25) is 0 Å². The smallest absolute Gasteiger partial charge is 0.328 e. The van der Waals surface area contributed by atoms with Crippen LogP contribution in [0.5, 0.6) is 0 Å². The van der Waals surface area contributed by atoms with E-state index in [0.717, 1.165) is 12.1 Å². The summed E-state index contributed by atoms with van der Waals surface area (Å²) in [5.74, 6) is -2.45. The van der Waals surface area contributed by atoms with Crippen LogP contribution in [-0.2, 0) is 11.8 Å². The van der Waals surface area contributed by atoms with Crippen LogP contribution in [0.1, 0.15) is 15.9 Å². The molecule has 7 heteroatoms. The Hall–Kier alpha value is -2.96. The van der Waals surface area contributed by atoms with Crippen LogP contribution >= 0.6 is 0 Å². The average Bonchev–Trinajstić information content (AvgIpc) is 2.83. The fourth-order valence-corrected chi connectivity index (χ4v) is 1.67. The minimum atomic E-state index is -1.12. The highest BCUT2D eigenvalue weighted by Crippen LogP contribution is 2.14. The predicted molar refractivity (Wildman–Crippen MR) is 74.2 cm³/mol. The number of benzene rings is 1. The van der Waals surface area contributed by atoms with Crippen LogP contribution in [0.25, 0.3) is 6.08 Å². The third-order valence-electron chi connectivity index (χ3n) is 2.62. The minimum absolute atomic E-state index is 0.175. The number of nitrogens with zero attached hydrogens (tertiary/aromatic N) is 2. The first-order chi connectivity index (χ1) is 9.95. The van der Waals surface area contributed by atoms with Gasteiger partial charge < -0.3 is 10.4 Å². The molecular weight excluding hydrogens is 277 g/mol. The number of nitrogens with one attached hydrogen (secondary N) is 1. The lowest BCUT2D eigenvalue weighted by atomic mass is 10.1. The maximum absolute atomic E-state index is 13.7. The number of aryl methyl sites for hydroxylation is 1. The van der Waals surface area contributed by atoms with Gasteiger partial charge in [-0.15, -0.1) is 0 Å². The van der Waals surface area contributed by atoms with E-state index in [-0.39, 0.29) is 5.56 Å². The molecule has 1 amide bonds. The molecule has 0 aliphatic rings. The summed E-state index contributed by atoms with van der Waals surface area (Å²) >= 11 is 0. The van der Waals surface area contributed by atoms with Crippen LogP contribution in [0.15, 0.2) is 36.7 Å². The summed E-state index contributed by atoms with van der Waals surface area (Å²) in [6, 6.07) is 3.77. The van der Waals surface area contributed by atoms with E-state index in [1.54, 1.807) is 13.2 Å². The number of carbonyl (C=O) groups excluding carboxylic acids is 1. The van der Waals surface area contributed by atoms with Gasteiger partial charge in [-0.05, 0) is 23.8 Å². The summed E-state index contributed by atoms with van der Waals surface area (Å²) in [6.07, 6.45) is 5.20. The Kier molecular flexibility index (Phi) is 4.13. The minimum Gasteiger partial charge on any atom is -0.478 e. The van der Waals surface area contributed by atoms with Crippen molar-refractivity contribution in [2.75, 3.05) is 5.32 Å². The second-order valence-corrected chi connectivity index (χ2v) is 4.27. The molecule has 2 rings (SSSR count). The van der Waals surface area contributed by atoms with Crippen molar-refractivity contribution in [3.8, 4) is 0 Å². The lowest BCUT2D eigenvalue weighted by Crippen LogP contribution is -2.13. The lowest BCUT2D eigenvalue weighted by Gasteiger charge is -2.05. The summed E-state index contributed by atoms with van der Waals surface area (Å²) in [4.78, 5) is 22.5. The Bertz CT molecular complexity index is 722. The molecule has 21 heavy (non-hydrogen) atoms. The Morgan fingerprint density at radius 3 is 2.81 bits per heavy atom. The van der Waals surface area contributed by atoms with Gasteiger partial charge in [-0.1, -0.05) is 6.07 Å². The third-order valence-corrected chi connectivity index (χ3v) is 2.62. The molecule has 0 unspecified atom stereocenters. The second kappa shape index (κ2) is 6.00. The fourth-order valence-electron chi connectivity index (χ4n) is 1.67. The number of aromatic nitrogens is 2. The van der Waals surface area contributed by atoms with E-state index in [4.69, 9.17) is 5.11 Å². The van der Waals surface area contributed by atoms with Gasteiger partial charge in [-0.25, -0.2) is 9.18 Å². The number of carboxylic acid groups (broad SMARTS) is 1. The third kappa shape index (κ3) is 3.75. The molecule has 0 radical (unpaired) electrons.